The molecule has 0 aromatic heterocycles. The first kappa shape index (κ1) is 16.1. The number of hydrogen-bond donors (Lipinski definition) is 1. The Kier molecular flexibility index (Phi) is 4.79. The van der Waals surface area contributed by atoms with Crippen LogP contribution in [0.15, 0.2) is 60.4 Å². The van der Waals surface area contributed by atoms with Crippen molar-refractivity contribution in [2.24, 2.45) is 0 Å². The van der Waals surface area contributed by atoms with Gasteiger partial charge < -0.3 is 14.8 Å². The summed E-state index contributed by atoms with van der Waals surface area (Å²) in [6, 6.07) is 13.6. The second kappa shape index (κ2) is 7.17. The van der Waals surface area contributed by atoms with Crippen LogP contribution in [0, 0.1) is 5.82 Å². The van der Waals surface area contributed by atoms with E-state index in [0.29, 0.717) is 18.8 Å². The number of hydrogen-bond acceptors (Lipinski definition) is 3. The van der Waals surface area contributed by atoms with Crippen LogP contribution >= 0.6 is 0 Å². The second-order valence-electron chi connectivity index (χ2n) is 5.58. The number of rotatable bonds is 6. The normalized spacial score (nSPS) is 16.5. The minimum atomic E-state index is -0.284. The van der Waals surface area contributed by atoms with E-state index in [9.17, 15) is 9.18 Å². The van der Waals surface area contributed by atoms with E-state index in [1.165, 1.54) is 18.2 Å². The van der Waals surface area contributed by atoms with Gasteiger partial charge in [-0.15, -0.1) is 0 Å². The quantitative estimate of drug-likeness (QED) is 0.887. The van der Waals surface area contributed by atoms with Crippen LogP contribution in [0.2, 0.25) is 0 Å². The van der Waals surface area contributed by atoms with E-state index < -0.39 is 0 Å². The number of halogens is 1. The van der Waals surface area contributed by atoms with Gasteiger partial charge in [0.15, 0.2) is 0 Å². The lowest BCUT2D eigenvalue weighted by Crippen LogP contribution is -2.31. The molecule has 1 atom stereocenters. The van der Waals surface area contributed by atoms with Crippen molar-refractivity contribution < 1.29 is 18.7 Å². The minimum Gasteiger partial charge on any atom is -0.497 e. The van der Waals surface area contributed by atoms with Crippen molar-refractivity contribution in [2.75, 3.05) is 7.11 Å². The first-order chi connectivity index (χ1) is 11.6. The lowest BCUT2D eigenvalue weighted by molar-refractivity contribution is -0.116. The van der Waals surface area contributed by atoms with Crippen molar-refractivity contribution in [1.29, 1.82) is 0 Å². The molecule has 24 heavy (non-hydrogen) atoms. The molecule has 2 aromatic carbocycles. The van der Waals surface area contributed by atoms with Crippen molar-refractivity contribution in [3.05, 3.63) is 77.3 Å². The fourth-order valence-electron chi connectivity index (χ4n) is 2.55. The van der Waals surface area contributed by atoms with Gasteiger partial charge in [-0.3, -0.25) is 4.79 Å². The lowest BCUT2D eigenvalue weighted by atomic mass is 10.1. The van der Waals surface area contributed by atoms with E-state index in [-0.39, 0.29) is 17.8 Å². The molecule has 1 unspecified atom stereocenters. The molecule has 0 aliphatic carbocycles. The molecule has 1 N–H and O–H groups in total. The van der Waals surface area contributed by atoms with Crippen molar-refractivity contribution in [1.82, 2.24) is 5.32 Å². The molecule has 5 heteroatoms. The third kappa shape index (κ3) is 3.93. The van der Waals surface area contributed by atoms with Crippen LogP contribution in [0.3, 0.4) is 0 Å². The summed E-state index contributed by atoms with van der Waals surface area (Å²) < 4.78 is 23.8. The number of carbonyl (C=O) groups excluding carboxylic acids is 1. The van der Waals surface area contributed by atoms with Crippen LogP contribution in [0.5, 0.6) is 5.75 Å². The number of methoxy groups -OCH3 is 1. The summed E-state index contributed by atoms with van der Waals surface area (Å²) in [4.78, 5) is 11.7. The standard InChI is InChI=1S/C19H18FNO3/c1-23-16-8-4-13(5-9-16)10-17-18(11-19(22)21-17)24-12-14-2-6-15(20)7-3-14/h2-9,11,17H,10,12H2,1H3,(H,21,22). The molecule has 0 spiro atoms. The summed E-state index contributed by atoms with van der Waals surface area (Å²) in [6.07, 6.45) is 2.10. The predicted octanol–water partition coefficient (Wildman–Crippen LogP) is 2.98. The van der Waals surface area contributed by atoms with Gasteiger partial charge >= 0.3 is 0 Å². The molecule has 0 saturated heterocycles. The minimum absolute atomic E-state index is 0.164. The molecule has 124 valence electrons. The smallest absolute Gasteiger partial charge is 0.248 e. The molecule has 0 saturated carbocycles. The largest absolute Gasteiger partial charge is 0.497 e. The Hall–Kier alpha value is -2.82. The van der Waals surface area contributed by atoms with Crippen molar-refractivity contribution in [3.8, 4) is 5.75 Å². The molecule has 1 aliphatic rings. The van der Waals surface area contributed by atoms with Crippen molar-refractivity contribution in [3.63, 3.8) is 0 Å². The molecular formula is C19H18FNO3. The van der Waals surface area contributed by atoms with Gasteiger partial charge in [-0.25, -0.2) is 4.39 Å². The summed E-state index contributed by atoms with van der Waals surface area (Å²) in [5.41, 5.74) is 1.92. The average molecular weight is 327 g/mol. The van der Waals surface area contributed by atoms with Gasteiger partial charge in [-0.2, -0.15) is 0 Å². The highest BCUT2D eigenvalue weighted by atomic mass is 19.1. The maximum Gasteiger partial charge on any atom is 0.248 e. The summed E-state index contributed by atoms with van der Waals surface area (Å²) in [5, 5.41) is 2.88. The van der Waals surface area contributed by atoms with Crippen LogP contribution in [0.25, 0.3) is 0 Å². The van der Waals surface area contributed by atoms with Gasteiger partial charge in [0.1, 0.15) is 23.9 Å². The van der Waals surface area contributed by atoms with Gasteiger partial charge in [-0.1, -0.05) is 24.3 Å². The van der Waals surface area contributed by atoms with E-state index in [2.05, 4.69) is 5.32 Å². The average Bonchev–Trinajstić information content (AvgIpc) is 2.94. The van der Waals surface area contributed by atoms with Gasteiger partial charge in [-0.05, 0) is 41.8 Å². The fourth-order valence-corrected chi connectivity index (χ4v) is 2.55. The Balaban J connectivity index is 1.63. The summed E-state index contributed by atoms with van der Waals surface area (Å²) in [7, 11) is 1.62. The van der Waals surface area contributed by atoms with E-state index in [0.717, 1.165) is 16.9 Å². The van der Waals surface area contributed by atoms with Crippen LogP contribution < -0.4 is 10.1 Å². The SMILES string of the molecule is COc1ccc(CC2NC(=O)C=C2OCc2ccc(F)cc2)cc1. The fraction of sp³-hybridized carbons (Fsp3) is 0.211. The van der Waals surface area contributed by atoms with Crippen LogP contribution in [-0.4, -0.2) is 19.1 Å². The summed E-state index contributed by atoms with van der Waals surface area (Å²) in [5.74, 6) is 0.938. The van der Waals surface area contributed by atoms with E-state index in [1.54, 1.807) is 19.2 Å². The van der Waals surface area contributed by atoms with Gasteiger partial charge in [0, 0.05) is 6.08 Å². The summed E-state index contributed by atoms with van der Waals surface area (Å²) in [6.45, 7) is 0.292. The lowest BCUT2D eigenvalue weighted by Gasteiger charge is -2.16. The monoisotopic (exact) mass is 327 g/mol. The Bertz CT molecular complexity index is 738. The van der Waals surface area contributed by atoms with Gasteiger partial charge in [0.05, 0.1) is 13.2 Å². The molecule has 3 rings (SSSR count). The number of benzene rings is 2. The molecule has 1 aliphatic heterocycles. The molecule has 0 fully saturated rings. The highest BCUT2D eigenvalue weighted by Crippen LogP contribution is 2.20. The van der Waals surface area contributed by atoms with E-state index in [4.69, 9.17) is 9.47 Å². The molecule has 4 nitrogen and oxygen atoms in total. The molecular weight excluding hydrogens is 309 g/mol. The second-order valence-corrected chi connectivity index (χ2v) is 5.58. The third-order valence-corrected chi connectivity index (χ3v) is 3.85. The molecule has 1 amide bonds. The van der Waals surface area contributed by atoms with Crippen LogP contribution in [-0.2, 0) is 22.6 Å². The zero-order valence-electron chi connectivity index (χ0n) is 13.3. The highest BCUT2D eigenvalue weighted by molar-refractivity contribution is 5.91. The first-order valence-corrected chi connectivity index (χ1v) is 7.66. The van der Waals surface area contributed by atoms with Gasteiger partial charge in [0.25, 0.3) is 0 Å². The van der Waals surface area contributed by atoms with Gasteiger partial charge in [0.2, 0.25) is 5.91 Å². The van der Waals surface area contributed by atoms with Crippen LogP contribution in [0.1, 0.15) is 11.1 Å². The maximum atomic E-state index is 12.9. The Morgan fingerprint density at radius 3 is 2.38 bits per heavy atom. The molecule has 1 heterocycles. The number of ether oxygens (including phenoxy) is 2. The number of nitrogens with one attached hydrogen (secondary N) is 1. The number of amides is 1. The zero-order valence-corrected chi connectivity index (χ0v) is 13.3. The van der Waals surface area contributed by atoms with E-state index >= 15 is 0 Å². The van der Waals surface area contributed by atoms with E-state index in [1.807, 2.05) is 24.3 Å². The van der Waals surface area contributed by atoms with Crippen LogP contribution in [0.4, 0.5) is 4.39 Å². The topological polar surface area (TPSA) is 47.6 Å². The number of carbonyl (C=O) groups is 1. The van der Waals surface area contributed by atoms with Crippen molar-refractivity contribution in [2.45, 2.75) is 19.1 Å². The maximum absolute atomic E-state index is 12.9. The Labute approximate surface area is 139 Å². The summed E-state index contributed by atoms with van der Waals surface area (Å²) >= 11 is 0. The predicted molar refractivity (Wildman–Crippen MR) is 87.9 cm³/mol. The third-order valence-electron chi connectivity index (χ3n) is 3.85. The highest BCUT2D eigenvalue weighted by Gasteiger charge is 2.25. The Morgan fingerprint density at radius 1 is 1.04 bits per heavy atom. The molecule has 2 aromatic rings. The zero-order chi connectivity index (χ0) is 16.9. The Morgan fingerprint density at radius 2 is 1.71 bits per heavy atom. The van der Waals surface area contributed by atoms with Crippen molar-refractivity contribution >= 4 is 5.91 Å². The molecule has 0 bridgehead atoms. The first-order valence-electron chi connectivity index (χ1n) is 7.66. The molecule has 0 radical (unpaired) electrons.